The monoisotopic (exact) mass is 391 g/mol. The van der Waals surface area contributed by atoms with Gasteiger partial charge in [0, 0.05) is 18.2 Å². The molecule has 8 heteroatoms. The molecule has 1 fully saturated rings. The number of amides is 1. The van der Waals surface area contributed by atoms with Crippen molar-refractivity contribution in [2.24, 2.45) is 0 Å². The zero-order valence-electron chi connectivity index (χ0n) is 15.3. The van der Waals surface area contributed by atoms with Gasteiger partial charge >= 0.3 is 0 Å². The SMILES string of the molecule is CCN1CCC[C@@H]1CNC(=O)c1ccc(S(=O)(=O)NCc2ccco2)cc1. The Balaban J connectivity index is 1.56. The topological polar surface area (TPSA) is 91.7 Å². The molecular weight excluding hydrogens is 366 g/mol. The first-order chi connectivity index (χ1) is 13.0. The maximum Gasteiger partial charge on any atom is 0.251 e. The molecule has 1 aromatic heterocycles. The van der Waals surface area contributed by atoms with Gasteiger partial charge < -0.3 is 9.73 Å². The number of benzene rings is 1. The van der Waals surface area contributed by atoms with Crippen LogP contribution in [0.2, 0.25) is 0 Å². The van der Waals surface area contributed by atoms with Gasteiger partial charge in [0.1, 0.15) is 5.76 Å². The smallest absolute Gasteiger partial charge is 0.251 e. The number of nitrogens with one attached hydrogen (secondary N) is 2. The average molecular weight is 391 g/mol. The van der Waals surface area contributed by atoms with E-state index in [4.69, 9.17) is 4.42 Å². The van der Waals surface area contributed by atoms with Gasteiger partial charge in [-0.25, -0.2) is 13.1 Å². The normalized spacial score (nSPS) is 17.9. The van der Waals surface area contributed by atoms with Gasteiger partial charge in [-0.05, 0) is 62.3 Å². The fraction of sp³-hybridized carbons (Fsp3) is 0.421. The molecule has 3 rings (SSSR count). The third-order valence-corrected chi connectivity index (χ3v) is 6.26. The van der Waals surface area contributed by atoms with Gasteiger partial charge in [-0.2, -0.15) is 0 Å². The average Bonchev–Trinajstić information content (AvgIpc) is 3.36. The van der Waals surface area contributed by atoms with E-state index in [-0.39, 0.29) is 17.3 Å². The van der Waals surface area contributed by atoms with Crippen LogP contribution in [0, 0.1) is 0 Å². The summed E-state index contributed by atoms with van der Waals surface area (Å²) in [5.74, 6) is 0.341. The van der Waals surface area contributed by atoms with E-state index in [2.05, 4.69) is 21.9 Å². The van der Waals surface area contributed by atoms with E-state index in [1.807, 2.05) is 0 Å². The summed E-state index contributed by atoms with van der Waals surface area (Å²) >= 11 is 0. The van der Waals surface area contributed by atoms with E-state index in [1.54, 1.807) is 12.1 Å². The molecule has 0 aliphatic carbocycles. The van der Waals surface area contributed by atoms with Crippen molar-refractivity contribution in [2.45, 2.75) is 37.2 Å². The molecule has 0 spiro atoms. The Morgan fingerprint density at radius 2 is 2.04 bits per heavy atom. The van der Waals surface area contributed by atoms with Crippen LogP contribution in [0.25, 0.3) is 0 Å². The number of nitrogens with zero attached hydrogens (tertiary/aromatic N) is 1. The maximum atomic E-state index is 12.3. The minimum absolute atomic E-state index is 0.0763. The summed E-state index contributed by atoms with van der Waals surface area (Å²) < 4.78 is 32.2. The summed E-state index contributed by atoms with van der Waals surface area (Å²) in [6.07, 6.45) is 3.74. The fourth-order valence-electron chi connectivity index (χ4n) is 3.30. The lowest BCUT2D eigenvalue weighted by atomic mass is 10.2. The highest BCUT2D eigenvalue weighted by atomic mass is 32.2. The molecule has 1 atom stereocenters. The van der Waals surface area contributed by atoms with Crippen LogP contribution in [0.3, 0.4) is 0 Å². The Labute approximate surface area is 159 Å². The lowest BCUT2D eigenvalue weighted by molar-refractivity contribution is 0.0941. The second kappa shape index (κ2) is 8.69. The maximum absolute atomic E-state index is 12.3. The molecule has 0 radical (unpaired) electrons. The molecule has 1 aliphatic rings. The zero-order chi connectivity index (χ0) is 19.3. The zero-order valence-corrected chi connectivity index (χ0v) is 16.2. The number of carbonyl (C=O) groups is 1. The van der Waals surface area contributed by atoms with E-state index in [0.717, 1.165) is 25.9 Å². The minimum atomic E-state index is -3.66. The summed E-state index contributed by atoms with van der Waals surface area (Å²) in [4.78, 5) is 14.8. The van der Waals surface area contributed by atoms with Gasteiger partial charge in [-0.1, -0.05) is 6.92 Å². The molecule has 1 amide bonds. The van der Waals surface area contributed by atoms with Gasteiger partial charge in [-0.15, -0.1) is 0 Å². The first-order valence-corrected chi connectivity index (χ1v) is 10.6. The van der Waals surface area contributed by atoms with Crippen LogP contribution in [0.5, 0.6) is 0 Å². The molecule has 1 aromatic carbocycles. The Hall–Kier alpha value is -2.16. The molecule has 2 heterocycles. The molecule has 0 saturated carbocycles. The number of sulfonamides is 1. The molecule has 0 bridgehead atoms. The Morgan fingerprint density at radius 3 is 2.70 bits per heavy atom. The van der Waals surface area contributed by atoms with Crippen molar-refractivity contribution in [1.29, 1.82) is 0 Å². The van der Waals surface area contributed by atoms with Crippen molar-refractivity contribution in [1.82, 2.24) is 14.9 Å². The van der Waals surface area contributed by atoms with Crippen LogP contribution in [-0.2, 0) is 16.6 Å². The standard InChI is InChI=1S/C19H25N3O4S/c1-2-22-11-3-5-16(22)13-20-19(23)15-7-9-18(10-8-15)27(24,25)21-14-17-6-4-12-26-17/h4,6-10,12,16,21H,2-3,5,11,13-14H2,1H3,(H,20,23)/t16-/m1/s1. The van der Waals surface area contributed by atoms with Crippen LogP contribution in [0.1, 0.15) is 35.9 Å². The van der Waals surface area contributed by atoms with Crippen LogP contribution >= 0.6 is 0 Å². The van der Waals surface area contributed by atoms with Crippen molar-refractivity contribution in [2.75, 3.05) is 19.6 Å². The van der Waals surface area contributed by atoms with Crippen molar-refractivity contribution in [3.05, 3.63) is 54.0 Å². The number of likely N-dealkylation sites (N-methyl/N-ethyl adjacent to an activating group) is 1. The molecule has 1 aliphatic heterocycles. The molecule has 1 saturated heterocycles. The summed E-state index contributed by atoms with van der Waals surface area (Å²) in [7, 11) is -3.66. The minimum Gasteiger partial charge on any atom is -0.468 e. The number of carbonyl (C=O) groups excluding carboxylic acids is 1. The summed E-state index contributed by atoms with van der Waals surface area (Å²) in [6.45, 7) is 4.87. The van der Waals surface area contributed by atoms with E-state index in [9.17, 15) is 13.2 Å². The molecule has 2 aromatic rings. The first-order valence-electron chi connectivity index (χ1n) is 9.14. The second-order valence-electron chi connectivity index (χ2n) is 6.56. The Bertz CT molecular complexity index is 848. The number of hydrogen-bond acceptors (Lipinski definition) is 5. The van der Waals surface area contributed by atoms with Crippen LogP contribution in [-0.4, -0.2) is 44.9 Å². The van der Waals surface area contributed by atoms with Gasteiger partial charge in [-0.3, -0.25) is 9.69 Å². The molecule has 0 unspecified atom stereocenters. The highest BCUT2D eigenvalue weighted by Crippen LogP contribution is 2.16. The van der Waals surface area contributed by atoms with Crippen LogP contribution < -0.4 is 10.0 Å². The number of rotatable bonds is 8. The van der Waals surface area contributed by atoms with Crippen molar-refractivity contribution in [3.8, 4) is 0 Å². The molecular formula is C19H25N3O4S. The first kappa shape index (κ1) is 19.6. The summed E-state index contributed by atoms with van der Waals surface area (Å²) in [5, 5.41) is 2.95. The molecule has 27 heavy (non-hydrogen) atoms. The quantitative estimate of drug-likeness (QED) is 0.718. The molecule has 146 valence electrons. The largest absolute Gasteiger partial charge is 0.468 e. The number of likely N-dealkylation sites (tertiary alicyclic amines) is 1. The molecule has 7 nitrogen and oxygen atoms in total. The van der Waals surface area contributed by atoms with Gasteiger partial charge in [0.2, 0.25) is 10.0 Å². The fourth-order valence-corrected chi connectivity index (χ4v) is 4.30. The van der Waals surface area contributed by atoms with Gasteiger partial charge in [0.05, 0.1) is 17.7 Å². The second-order valence-corrected chi connectivity index (χ2v) is 8.33. The summed E-state index contributed by atoms with van der Waals surface area (Å²) in [6, 6.07) is 9.71. The van der Waals surface area contributed by atoms with E-state index >= 15 is 0 Å². The highest BCUT2D eigenvalue weighted by molar-refractivity contribution is 7.89. The van der Waals surface area contributed by atoms with E-state index < -0.39 is 10.0 Å². The molecule has 2 N–H and O–H groups in total. The third-order valence-electron chi connectivity index (χ3n) is 4.85. The van der Waals surface area contributed by atoms with Gasteiger partial charge in [0.25, 0.3) is 5.91 Å². The number of furan rings is 1. The number of hydrogen-bond donors (Lipinski definition) is 2. The van der Waals surface area contributed by atoms with Crippen molar-refractivity contribution >= 4 is 15.9 Å². The van der Waals surface area contributed by atoms with Crippen molar-refractivity contribution in [3.63, 3.8) is 0 Å². The van der Waals surface area contributed by atoms with Crippen LogP contribution in [0.15, 0.2) is 52.0 Å². The lowest BCUT2D eigenvalue weighted by Crippen LogP contribution is -2.40. The predicted molar refractivity (Wildman–Crippen MR) is 102 cm³/mol. The summed E-state index contributed by atoms with van der Waals surface area (Å²) in [5.41, 5.74) is 0.445. The van der Waals surface area contributed by atoms with E-state index in [1.165, 1.54) is 30.5 Å². The lowest BCUT2D eigenvalue weighted by Gasteiger charge is -2.22. The Morgan fingerprint density at radius 1 is 1.26 bits per heavy atom. The van der Waals surface area contributed by atoms with Crippen LogP contribution in [0.4, 0.5) is 0 Å². The highest BCUT2D eigenvalue weighted by Gasteiger charge is 2.23. The third kappa shape index (κ3) is 4.97. The van der Waals surface area contributed by atoms with Gasteiger partial charge in [0.15, 0.2) is 0 Å². The van der Waals surface area contributed by atoms with E-state index in [0.29, 0.717) is 23.9 Å². The predicted octanol–water partition coefficient (Wildman–Crippen LogP) is 1.97. The Kier molecular flexibility index (Phi) is 6.30. The van der Waals surface area contributed by atoms with Crippen molar-refractivity contribution < 1.29 is 17.6 Å².